The fourth-order valence-corrected chi connectivity index (χ4v) is 1.25. The molecular formula is C10H9F2NO3. The number of carboxylic acid groups (broad SMARTS) is 1. The zero-order valence-electron chi connectivity index (χ0n) is 8.11. The maximum absolute atomic E-state index is 12.6. The van der Waals surface area contributed by atoms with E-state index in [9.17, 15) is 13.6 Å². The minimum atomic E-state index is -2.75. The highest BCUT2D eigenvalue weighted by molar-refractivity contribution is 5.83. The van der Waals surface area contributed by atoms with Crippen molar-refractivity contribution in [3.8, 4) is 5.75 Å². The SMILES string of the molecule is O=C(O)Nc1cccc(OC2CC2(F)F)c1. The first kappa shape index (κ1) is 10.7. The van der Waals surface area contributed by atoms with E-state index < -0.39 is 18.1 Å². The molecule has 0 radical (unpaired) electrons. The zero-order chi connectivity index (χ0) is 11.8. The summed E-state index contributed by atoms with van der Waals surface area (Å²) in [7, 11) is 0. The Morgan fingerprint density at radius 2 is 2.25 bits per heavy atom. The average molecular weight is 229 g/mol. The van der Waals surface area contributed by atoms with Crippen LogP contribution in [0.1, 0.15) is 6.42 Å². The van der Waals surface area contributed by atoms with E-state index in [0.717, 1.165) is 0 Å². The van der Waals surface area contributed by atoms with Crippen LogP contribution in [0.4, 0.5) is 19.3 Å². The van der Waals surface area contributed by atoms with Crippen molar-refractivity contribution in [2.45, 2.75) is 18.4 Å². The molecule has 1 amide bonds. The highest BCUT2D eigenvalue weighted by Crippen LogP contribution is 2.44. The van der Waals surface area contributed by atoms with Crippen LogP contribution in [-0.4, -0.2) is 23.2 Å². The molecule has 1 aromatic carbocycles. The van der Waals surface area contributed by atoms with E-state index in [-0.39, 0.29) is 17.9 Å². The number of amides is 1. The highest BCUT2D eigenvalue weighted by Gasteiger charge is 2.59. The van der Waals surface area contributed by atoms with Crippen molar-refractivity contribution in [3.63, 3.8) is 0 Å². The van der Waals surface area contributed by atoms with Gasteiger partial charge in [0.15, 0.2) is 6.10 Å². The van der Waals surface area contributed by atoms with Crippen LogP contribution in [0.15, 0.2) is 24.3 Å². The predicted octanol–water partition coefficient (Wildman–Crippen LogP) is 2.56. The number of benzene rings is 1. The molecule has 6 heteroatoms. The molecule has 0 saturated heterocycles. The van der Waals surface area contributed by atoms with Gasteiger partial charge in [-0.3, -0.25) is 5.32 Å². The number of ether oxygens (including phenoxy) is 1. The van der Waals surface area contributed by atoms with E-state index in [4.69, 9.17) is 9.84 Å². The van der Waals surface area contributed by atoms with E-state index >= 15 is 0 Å². The normalized spacial score (nSPS) is 21.2. The Balaban J connectivity index is 2.02. The number of halogens is 2. The molecule has 2 rings (SSSR count). The van der Waals surface area contributed by atoms with Crippen LogP contribution in [0, 0.1) is 0 Å². The molecule has 0 aliphatic heterocycles. The zero-order valence-corrected chi connectivity index (χ0v) is 8.11. The van der Waals surface area contributed by atoms with Crippen LogP contribution in [0.25, 0.3) is 0 Å². The lowest BCUT2D eigenvalue weighted by molar-refractivity contribution is 0.0665. The first-order chi connectivity index (χ1) is 7.47. The third-order valence-corrected chi connectivity index (χ3v) is 2.13. The number of carbonyl (C=O) groups is 1. The summed E-state index contributed by atoms with van der Waals surface area (Å²) in [6.07, 6.45) is -2.59. The average Bonchev–Trinajstić information content (AvgIpc) is 2.72. The molecule has 0 bridgehead atoms. The van der Waals surface area contributed by atoms with Crippen molar-refractivity contribution in [1.29, 1.82) is 0 Å². The predicted molar refractivity (Wildman–Crippen MR) is 52.1 cm³/mol. The number of alkyl halides is 2. The lowest BCUT2D eigenvalue weighted by atomic mass is 10.3. The van der Waals surface area contributed by atoms with Crippen molar-refractivity contribution in [2.24, 2.45) is 0 Å². The quantitative estimate of drug-likeness (QED) is 0.837. The van der Waals surface area contributed by atoms with E-state index in [1.165, 1.54) is 24.3 Å². The third kappa shape index (κ3) is 2.39. The standard InChI is InChI=1S/C10H9F2NO3/c11-10(12)5-8(10)16-7-3-1-2-6(4-7)13-9(14)15/h1-4,8,13H,5H2,(H,14,15). The van der Waals surface area contributed by atoms with E-state index in [0.29, 0.717) is 0 Å². The van der Waals surface area contributed by atoms with E-state index in [1.807, 2.05) is 0 Å². The minimum absolute atomic E-state index is 0.230. The molecule has 1 unspecified atom stereocenters. The second-order valence-corrected chi connectivity index (χ2v) is 3.53. The Morgan fingerprint density at radius 3 is 2.81 bits per heavy atom. The molecule has 2 N–H and O–H groups in total. The molecular weight excluding hydrogens is 220 g/mol. The maximum atomic E-state index is 12.6. The molecule has 1 aromatic rings. The summed E-state index contributed by atoms with van der Waals surface area (Å²) in [5.41, 5.74) is 0.286. The molecule has 1 fully saturated rings. The monoisotopic (exact) mass is 229 g/mol. The topological polar surface area (TPSA) is 58.6 Å². The number of nitrogens with one attached hydrogen (secondary N) is 1. The third-order valence-electron chi connectivity index (χ3n) is 2.13. The van der Waals surface area contributed by atoms with Gasteiger partial charge < -0.3 is 9.84 Å². The van der Waals surface area contributed by atoms with E-state index in [2.05, 4.69) is 5.32 Å². The van der Waals surface area contributed by atoms with Crippen LogP contribution in [0.3, 0.4) is 0 Å². The van der Waals surface area contributed by atoms with Crippen molar-refractivity contribution in [3.05, 3.63) is 24.3 Å². The number of hydrogen-bond acceptors (Lipinski definition) is 2. The lowest BCUT2D eigenvalue weighted by Gasteiger charge is -2.06. The van der Waals surface area contributed by atoms with Gasteiger partial charge in [0, 0.05) is 11.8 Å². The van der Waals surface area contributed by atoms with E-state index in [1.54, 1.807) is 0 Å². The Morgan fingerprint density at radius 1 is 1.56 bits per heavy atom. The largest absolute Gasteiger partial charge is 0.484 e. The van der Waals surface area contributed by atoms with Gasteiger partial charge in [0.2, 0.25) is 0 Å². The van der Waals surface area contributed by atoms with Gasteiger partial charge in [0.05, 0.1) is 6.42 Å². The second-order valence-electron chi connectivity index (χ2n) is 3.53. The van der Waals surface area contributed by atoms with Gasteiger partial charge in [-0.05, 0) is 12.1 Å². The highest BCUT2D eigenvalue weighted by atomic mass is 19.3. The Bertz CT molecular complexity index is 422. The molecule has 0 heterocycles. The summed E-state index contributed by atoms with van der Waals surface area (Å²) in [4.78, 5) is 10.3. The molecule has 86 valence electrons. The number of rotatable bonds is 3. The molecule has 4 nitrogen and oxygen atoms in total. The first-order valence-corrected chi connectivity index (χ1v) is 4.62. The Hall–Kier alpha value is -1.85. The molecule has 16 heavy (non-hydrogen) atoms. The second kappa shape index (κ2) is 3.62. The molecule has 1 atom stereocenters. The van der Waals surface area contributed by atoms with Gasteiger partial charge in [-0.2, -0.15) is 0 Å². The minimum Gasteiger partial charge on any atom is -0.484 e. The fourth-order valence-electron chi connectivity index (χ4n) is 1.25. The summed E-state index contributed by atoms with van der Waals surface area (Å²) < 4.78 is 30.1. The van der Waals surface area contributed by atoms with Gasteiger partial charge in [0.25, 0.3) is 5.92 Å². The number of anilines is 1. The van der Waals surface area contributed by atoms with Crippen LogP contribution < -0.4 is 10.1 Å². The van der Waals surface area contributed by atoms with Crippen molar-refractivity contribution in [1.82, 2.24) is 0 Å². The molecule has 0 aromatic heterocycles. The van der Waals surface area contributed by atoms with Crippen LogP contribution in [0.2, 0.25) is 0 Å². The van der Waals surface area contributed by atoms with Gasteiger partial charge in [-0.25, -0.2) is 13.6 Å². The summed E-state index contributed by atoms with van der Waals surface area (Å²) in [6.45, 7) is 0. The van der Waals surface area contributed by atoms with Crippen LogP contribution in [-0.2, 0) is 0 Å². The Labute approximate surface area is 89.8 Å². The lowest BCUT2D eigenvalue weighted by Crippen LogP contribution is -2.09. The van der Waals surface area contributed by atoms with Gasteiger partial charge >= 0.3 is 6.09 Å². The van der Waals surface area contributed by atoms with Crippen LogP contribution in [0.5, 0.6) is 5.75 Å². The molecule has 0 spiro atoms. The summed E-state index contributed by atoms with van der Waals surface area (Å²) in [5, 5.41) is 10.6. The number of hydrogen-bond donors (Lipinski definition) is 2. The molecule has 1 saturated carbocycles. The smallest absolute Gasteiger partial charge is 0.409 e. The molecule has 1 aliphatic carbocycles. The van der Waals surface area contributed by atoms with Crippen molar-refractivity contribution in [2.75, 3.05) is 5.32 Å². The first-order valence-electron chi connectivity index (χ1n) is 4.62. The molecule has 1 aliphatic rings. The maximum Gasteiger partial charge on any atom is 0.409 e. The summed E-state index contributed by atoms with van der Waals surface area (Å²) >= 11 is 0. The van der Waals surface area contributed by atoms with Crippen molar-refractivity contribution >= 4 is 11.8 Å². The van der Waals surface area contributed by atoms with Gasteiger partial charge in [-0.15, -0.1) is 0 Å². The van der Waals surface area contributed by atoms with Crippen molar-refractivity contribution < 1.29 is 23.4 Å². The fraction of sp³-hybridized carbons (Fsp3) is 0.300. The van der Waals surface area contributed by atoms with Gasteiger partial charge in [-0.1, -0.05) is 6.07 Å². The Kier molecular flexibility index (Phi) is 2.41. The van der Waals surface area contributed by atoms with Gasteiger partial charge in [0.1, 0.15) is 5.75 Å². The summed E-state index contributed by atoms with van der Waals surface area (Å²) in [5.74, 6) is -2.52. The summed E-state index contributed by atoms with van der Waals surface area (Å²) in [6, 6.07) is 5.90. The van der Waals surface area contributed by atoms with Crippen LogP contribution >= 0.6 is 0 Å².